The molecule has 4 rings (SSSR count). The number of aromatic nitrogens is 2. The number of hydrogen-bond donors (Lipinski definition) is 0. The molecule has 0 atom stereocenters. The van der Waals surface area contributed by atoms with Crippen LogP contribution in [0, 0.1) is 0 Å². The van der Waals surface area contributed by atoms with Gasteiger partial charge in [0.1, 0.15) is 5.82 Å². The Hall–Kier alpha value is -2.13. The van der Waals surface area contributed by atoms with E-state index in [1.165, 1.54) is 33.9 Å². The maximum absolute atomic E-state index is 4.99. The summed E-state index contributed by atoms with van der Waals surface area (Å²) in [5.74, 6) is 1.17. The second-order valence-corrected chi connectivity index (χ2v) is 8.95. The number of allylic oxidation sites excluding steroid dienone is 4. The van der Waals surface area contributed by atoms with Crippen LogP contribution in [0.1, 0.15) is 62.0 Å². The Bertz CT molecular complexity index is 876. The van der Waals surface area contributed by atoms with Crippen molar-refractivity contribution in [2.24, 2.45) is 7.05 Å². The molecule has 0 saturated heterocycles. The monoisotopic (exact) mass is 361 g/mol. The second kappa shape index (κ2) is 7.12. The first-order valence-corrected chi connectivity index (χ1v) is 10.1. The lowest BCUT2D eigenvalue weighted by molar-refractivity contribution is 0.238. The van der Waals surface area contributed by atoms with Crippen LogP contribution in [0.25, 0.3) is 5.57 Å². The lowest BCUT2D eigenvalue weighted by Crippen LogP contribution is -2.31. The fraction of sp³-hybridized carbons (Fsp3) is 0.458. The zero-order valence-corrected chi connectivity index (χ0v) is 17.1. The van der Waals surface area contributed by atoms with Gasteiger partial charge >= 0.3 is 0 Å². The Morgan fingerprint density at radius 1 is 1.07 bits per heavy atom. The van der Waals surface area contributed by atoms with Crippen molar-refractivity contribution in [3.05, 3.63) is 70.8 Å². The van der Waals surface area contributed by atoms with Gasteiger partial charge in [0, 0.05) is 33.1 Å². The molecule has 1 aromatic heterocycles. The topological polar surface area (TPSA) is 21.1 Å². The predicted molar refractivity (Wildman–Crippen MR) is 113 cm³/mol. The number of rotatable bonds is 3. The van der Waals surface area contributed by atoms with Gasteiger partial charge in [-0.05, 0) is 35.0 Å². The summed E-state index contributed by atoms with van der Waals surface area (Å²) in [6.45, 7) is 9.89. The Morgan fingerprint density at radius 2 is 1.85 bits per heavy atom. The molecule has 1 aromatic carbocycles. The minimum atomic E-state index is 0.215. The first kappa shape index (κ1) is 18.2. The van der Waals surface area contributed by atoms with Crippen LogP contribution >= 0.6 is 0 Å². The molecule has 1 aliphatic carbocycles. The molecule has 0 fully saturated rings. The van der Waals surface area contributed by atoms with Gasteiger partial charge in [-0.15, -0.1) is 0 Å². The standard InChI is InChI=1S/C24H31N3/c1-24(2,3)20-12-10-18(11-13-20)16-27-15-14-21-22(17-27)26(4)23(25-21)19-8-6-5-7-9-19/h5-6,8,10-13H,7,9,14-17H2,1-4H3. The maximum Gasteiger partial charge on any atom is 0.136 e. The molecule has 0 amide bonds. The lowest BCUT2D eigenvalue weighted by atomic mass is 9.87. The molecule has 0 spiro atoms. The highest BCUT2D eigenvalue weighted by Crippen LogP contribution is 2.28. The minimum Gasteiger partial charge on any atom is -0.330 e. The van der Waals surface area contributed by atoms with E-state index in [2.05, 4.69) is 79.8 Å². The first-order valence-electron chi connectivity index (χ1n) is 10.1. The van der Waals surface area contributed by atoms with E-state index in [-0.39, 0.29) is 5.41 Å². The highest BCUT2D eigenvalue weighted by molar-refractivity contribution is 5.64. The third kappa shape index (κ3) is 3.79. The molecule has 27 heavy (non-hydrogen) atoms. The number of hydrogen-bond acceptors (Lipinski definition) is 2. The molecular weight excluding hydrogens is 330 g/mol. The van der Waals surface area contributed by atoms with Gasteiger partial charge in [0.25, 0.3) is 0 Å². The summed E-state index contributed by atoms with van der Waals surface area (Å²) >= 11 is 0. The van der Waals surface area contributed by atoms with Crippen LogP contribution in [-0.4, -0.2) is 21.0 Å². The smallest absolute Gasteiger partial charge is 0.136 e. The van der Waals surface area contributed by atoms with Crippen molar-refractivity contribution in [2.45, 2.75) is 58.5 Å². The van der Waals surface area contributed by atoms with Crippen molar-refractivity contribution in [3.8, 4) is 0 Å². The van der Waals surface area contributed by atoms with Crippen LogP contribution in [0.2, 0.25) is 0 Å². The van der Waals surface area contributed by atoms with E-state index in [4.69, 9.17) is 4.98 Å². The Labute approximate surface area is 163 Å². The van der Waals surface area contributed by atoms with Crippen LogP contribution in [-0.2, 0) is 32.0 Å². The van der Waals surface area contributed by atoms with Gasteiger partial charge in [-0.1, -0.05) is 63.3 Å². The first-order chi connectivity index (χ1) is 12.9. The fourth-order valence-corrected chi connectivity index (χ4v) is 4.12. The molecule has 142 valence electrons. The molecule has 2 aromatic rings. The second-order valence-electron chi connectivity index (χ2n) is 8.95. The van der Waals surface area contributed by atoms with Gasteiger partial charge in [0.15, 0.2) is 0 Å². The average Bonchev–Trinajstić information content (AvgIpc) is 2.99. The number of nitrogens with zero attached hydrogens (tertiary/aromatic N) is 3. The van der Waals surface area contributed by atoms with E-state index in [0.29, 0.717) is 0 Å². The van der Waals surface area contributed by atoms with Crippen molar-refractivity contribution in [3.63, 3.8) is 0 Å². The third-order valence-corrected chi connectivity index (χ3v) is 5.86. The average molecular weight is 362 g/mol. The summed E-state index contributed by atoms with van der Waals surface area (Å²) in [7, 11) is 2.18. The number of fused-ring (bicyclic) bond motifs is 1. The Kier molecular flexibility index (Phi) is 4.81. The van der Waals surface area contributed by atoms with E-state index in [0.717, 1.165) is 38.9 Å². The van der Waals surface area contributed by atoms with E-state index in [1.807, 2.05) is 0 Å². The molecule has 0 bridgehead atoms. The van der Waals surface area contributed by atoms with E-state index in [9.17, 15) is 0 Å². The molecule has 2 aliphatic rings. The van der Waals surface area contributed by atoms with E-state index >= 15 is 0 Å². The van der Waals surface area contributed by atoms with Crippen LogP contribution < -0.4 is 0 Å². The van der Waals surface area contributed by atoms with Crippen molar-refractivity contribution in [2.75, 3.05) is 6.54 Å². The highest BCUT2D eigenvalue weighted by Gasteiger charge is 2.24. The summed E-state index contributed by atoms with van der Waals surface area (Å²) in [5, 5.41) is 0. The van der Waals surface area contributed by atoms with E-state index < -0.39 is 0 Å². The van der Waals surface area contributed by atoms with Crippen LogP contribution in [0.15, 0.2) is 42.5 Å². The molecule has 0 radical (unpaired) electrons. The van der Waals surface area contributed by atoms with Gasteiger partial charge < -0.3 is 4.57 Å². The van der Waals surface area contributed by atoms with Crippen LogP contribution in [0.5, 0.6) is 0 Å². The van der Waals surface area contributed by atoms with Crippen molar-refractivity contribution in [1.82, 2.24) is 14.5 Å². The van der Waals surface area contributed by atoms with Crippen molar-refractivity contribution < 1.29 is 0 Å². The Balaban J connectivity index is 1.49. The number of benzene rings is 1. The molecular formula is C24H31N3. The van der Waals surface area contributed by atoms with Crippen molar-refractivity contribution in [1.29, 1.82) is 0 Å². The molecule has 1 aliphatic heterocycles. The Morgan fingerprint density at radius 3 is 2.52 bits per heavy atom. The summed E-state index contributed by atoms with van der Waals surface area (Å²) < 4.78 is 2.33. The maximum atomic E-state index is 4.99. The normalized spacial score (nSPS) is 17.7. The summed E-state index contributed by atoms with van der Waals surface area (Å²) in [4.78, 5) is 7.54. The summed E-state index contributed by atoms with van der Waals surface area (Å²) in [6.07, 6.45) is 9.90. The summed E-state index contributed by atoms with van der Waals surface area (Å²) in [5.41, 5.74) is 7.07. The quantitative estimate of drug-likeness (QED) is 0.766. The predicted octanol–water partition coefficient (Wildman–Crippen LogP) is 5.01. The van der Waals surface area contributed by atoms with Gasteiger partial charge in [-0.25, -0.2) is 4.98 Å². The molecule has 0 unspecified atom stereocenters. The highest BCUT2D eigenvalue weighted by atomic mass is 15.2. The SMILES string of the molecule is Cn1c(C2=CC=CCC2)nc2c1CN(Cc1ccc(C(C)(C)C)cc1)CC2. The summed E-state index contributed by atoms with van der Waals surface area (Å²) in [6, 6.07) is 9.17. The van der Waals surface area contributed by atoms with Crippen LogP contribution in [0.4, 0.5) is 0 Å². The number of imidazole rings is 1. The van der Waals surface area contributed by atoms with E-state index in [1.54, 1.807) is 0 Å². The van der Waals surface area contributed by atoms with Gasteiger partial charge in [-0.2, -0.15) is 0 Å². The molecule has 0 saturated carbocycles. The van der Waals surface area contributed by atoms with Gasteiger partial charge in [-0.3, -0.25) is 4.90 Å². The molecule has 0 N–H and O–H groups in total. The lowest BCUT2D eigenvalue weighted by Gasteiger charge is -2.27. The van der Waals surface area contributed by atoms with Crippen molar-refractivity contribution >= 4 is 5.57 Å². The van der Waals surface area contributed by atoms with Crippen LogP contribution in [0.3, 0.4) is 0 Å². The zero-order valence-electron chi connectivity index (χ0n) is 17.1. The van der Waals surface area contributed by atoms with Gasteiger partial charge in [0.05, 0.1) is 11.4 Å². The third-order valence-electron chi connectivity index (χ3n) is 5.86. The molecule has 3 heteroatoms. The fourth-order valence-electron chi connectivity index (χ4n) is 4.12. The molecule has 3 nitrogen and oxygen atoms in total. The molecule has 2 heterocycles. The zero-order chi connectivity index (χ0) is 19.0. The van der Waals surface area contributed by atoms with Gasteiger partial charge in [0.2, 0.25) is 0 Å². The largest absolute Gasteiger partial charge is 0.330 e. The minimum absolute atomic E-state index is 0.215.